The van der Waals surface area contributed by atoms with Crippen LogP contribution in [0.15, 0.2) is 0 Å². The SMILES string of the molecule is C[C@@H]1CN(C)C(C)(C)C1. The summed E-state index contributed by atoms with van der Waals surface area (Å²) in [5.41, 5.74) is 0.458. The number of hydrogen-bond acceptors (Lipinski definition) is 1. The van der Waals surface area contributed by atoms with Crippen molar-refractivity contribution in [2.75, 3.05) is 13.6 Å². The summed E-state index contributed by atoms with van der Waals surface area (Å²) in [7, 11) is 2.21. The second-order valence-corrected chi connectivity index (χ2v) is 4.00. The van der Waals surface area contributed by atoms with Crippen molar-refractivity contribution in [1.82, 2.24) is 4.90 Å². The molecule has 1 heterocycles. The first-order chi connectivity index (χ1) is 4.02. The molecule has 0 aliphatic carbocycles. The van der Waals surface area contributed by atoms with Crippen LogP contribution in [0, 0.1) is 5.92 Å². The lowest BCUT2D eigenvalue weighted by molar-refractivity contribution is 0.218. The topological polar surface area (TPSA) is 3.24 Å². The van der Waals surface area contributed by atoms with Gasteiger partial charge in [-0.1, -0.05) is 6.92 Å². The molecule has 1 fully saturated rings. The summed E-state index contributed by atoms with van der Waals surface area (Å²) in [6, 6.07) is 0. The third-order valence-electron chi connectivity index (χ3n) is 2.47. The lowest BCUT2D eigenvalue weighted by Crippen LogP contribution is -2.34. The Hall–Kier alpha value is -0.0400. The van der Waals surface area contributed by atoms with E-state index in [1.54, 1.807) is 0 Å². The Balaban J connectivity index is 2.58. The molecule has 0 bridgehead atoms. The molecule has 1 atom stereocenters. The van der Waals surface area contributed by atoms with E-state index < -0.39 is 0 Å². The summed E-state index contributed by atoms with van der Waals surface area (Å²) in [4.78, 5) is 2.44. The van der Waals surface area contributed by atoms with Gasteiger partial charge in [-0.3, -0.25) is 0 Å². The van der Waals surface area contributed by atoms with Gasteiger partial charge in [-0.05, 0) is 33.2 Å². The van der Waals surface area contributed by atoms with Crippen LogP contribution >= 0.6 is 0 Å². The van der Waals surface area contributed by atoms with Crippen molar-refractivity contribution in [3.05, 3.63) is 0 Å². The highest BCUT2D eigenvalue weighted by Gasteiger charge is 2.32. The van der Waals surface area contributed by atoms with Gasteiger partial charge in [0.1, 0.15) is 0 Å². The normalized spacial score (nSPS) is 35.3. The molecule has 0 saturated carbocycles. The van der Waals surface area contributed by atoms with Crippen molar-refractivity contribution in [3.63, 3.8) is 0 Å². The monoisotopic (exact) mass is 127 g/mol. The Morgan fingerprint density at radius 3 is 2.11 bits per heavy atom. The Morgan fingerprint density at radius 2 is 2.00 bits per heavy atom. The Bertz CT molecular complexity index is 107. The van der Waals surface area contributed by atoms with E-state index in [0.717, 1.165) is 5.92 Å². The van der Waals surface area contributed by atoms with Crippen LogP contribution < -0.4 is 0 Å². The third kappa shape index (κ3) is 1.26. The van der Waals surface area contributed by atoms with Gasteiger partial charge in [-0.2, -0.15) is 0 Å². The molecule has 0 aromatic heterocycles. The van der Waals surface area contributed by atoms with E-state index in [1.807, 2.05) is 0 Å². The zero-order valence-electron chi connectivity index (χ0n) is 6.94. The number of likely N-dealkylation sites (tertiary alicyclic amines) is 1. The molecule has 0 spiro atoms. The van der Waals surface area contributed by atoms with Crippen LogP contribution in [0.2, 0.25) is 0 Å². The van der Waals surface area contributed by atoms with Crippen molar-refractivity contribution in [2.45, 2.75) is 32.7 Å². The van der Waals surface area contributed by atoms with E-state index in [2.05, 4.69) is 32.7 Å². The standard InChI is InChI=1S/C8H17N/c1-7-5-8(2,3)9(4)6-7/h7H,5-6H2,1-4H3/t7-/m0/s1. The van der Waals surface area contributed by atoms with E-state index in [0.29, 0.717) is 5.54 Å². The van der Waals surface area contributed by atoms with Crippen molar-refractivity contribution in [3.8, 4) is 0 Å². The van der Waals surface area contributed by atoms with E-state index in [1.165, 1.54) is 13.0 Å². The smallest absolute Gasteiger partial charge is 0.0153 e. The van der Waals surface area contributed by atoms with Crippen LogP contribution in [-0.4, -0.2) is 24.0 Å². The van der Waals surface area contributed by atoms with E-state index >= 15 is 0 Å². The number of rotatable bonds is 0. The van der Waals surface area contributed by atoms with Crippen molar-refractivity contribution in [2.24, 2.45) is 5.92 Å². The molecule has 0 amide bonds. The minimum atomic E-state index is 0.458. The van der Waals surface area contributed by atoms with Crippen molar-refractivity contribution < 1.29 is 0 Å². The molecule has 1 aliphatic heterocycles. The average Bonchev–Trinajstić information content (AvgIpc) is 1.79. The predicted molar refractivity (Wildman–Crippen MR) is 40.5 cm³/mol. The Kier molecular flexibility index (Phi) is 1.55. The minimum Gasteiger partial charge on any atom is -0.301 e. The van der Waals surface area contributed by atoms with Gasteiger partial charge in [-0.15, -0.1) is 0 Å². The summed E-state index contributed by atoms with van der Waals surface area (Å²) in [5, 5.41) is 0. The van der Waals surface area contributed by atoms with Gasteiger partial charge in [0.25, 0.3) is 0 Å². The molecular formula is C8H17N. The van der Waals surface area contributed by atoms with E-state index in [4.69, 9.17) is 0 Å². The Labute approximate surface area is 58.0 Å². The maximum absolute atomic E-state index is 2.44. The highest BCUT2D eigenvalue weighted by atomic mass is 15.2. The Morgan fingerprint density at radius 1 is 1.44 bits per heavy atom. The van der Waals surface area contributed by atoms with Gasteiger partial charge >= 0.3 is 0 Å². The molecule has 0 aromatic rings. The predicted octanol–water partition coefficient (Wildman–Crippen LogP) is 1.74. The second kappa shape index (κ2) is 1.98. The third-order valence-corrected chi connectivity index (χ3v) is 2.47. The second-order valence-electron chi connectivity index (χ2n) is 4.00. The van der Waals surface area contributed by atoms with Crippen LogP contribution in [0.1, 0.15) is 27.2 Å². The molecule has 0 unspecified atom stereocenters. The summed E-state index contributed by atoms with van der Waals surface area (Å²) in [5.74, 6) is 0.894. The van der Waals surface area contributed by atoms with Gasteiger partial charge in [-0.25, -0.2) is 0 Å². The molecular weight excluding hydrogens is 110 g/mol. The molecule has 0 N–H and O–H groups in total. The van der Waals surface area contributed by atoms with Crippen molar-refractivity contribution >= 4 is 0 Å². The van der Waals surface area contributed by atoms with E-state index in [9.17, 15) is 0 Å². The lowest BCUT2D eigenvalue weighted by Gasteiger charge is -2.26. The molecule has 1 aliphatic rings. The van der Waals surface area contributed by atoms with Crippen LogP contribution in [0.4, 0.5) is 0 Å². The quantitative estimate of drug-likeness (QED) is 0.479. The summed E-state index contributed by atoms with van der Waals surface area (Å²) < 4.78 is 0. The molecule has 0 aromatic carbocycles. The molecule has 9 heavy (non-hydrogen) atoms. The maximum atomic E-state index is 2.44. The molecule has 54 valence electrons. The molecule has 0 radical (unpaired) electrons. The minimum absolute atomic E-state index is 0.458. The molecule has 1 rings (SSSR count). The van der Waals surface area contributed by atoms with Gasteiger partial charge in [0, 0.05) is 12.1 Å². The van der Waals surface area contributed by atoms with Crippen molar-refractivity contribution in [1.29, 1.82) is 0 Å². The van der Waals surface area contributed by atoms with Crippen LogP contribution in [-0.2, 0) is 0 Å². The average molecular weight is 127 g/mol. The van der Waals surface area contributed by atoms with E-state index in [-0.39, 0.29) is 0 Å². The largest absolute Gasteiger partial charge is 0.301 e. The summed E-state index contributed by atoms with van der Waals surface area (Å²) in [6.07, 6.45) is 1.35. The molecule has 1 heteroatoms. The first-order valence-corrected chi connectivity index (χ1v) is 3.73. The fourth-order valence-electron chi connectivity index (χ4n) is 1.79. The fourth-order valence-corrected chi connectivity index (χ4v) is 1.79. The van der Waals surface area contributed by atoms with Crippen LogP contribution in [0.3, 0.4) is 0 Å². The summed E-state index contributed by atoms with van der Waals surface area (Å²) in [6.45, 7) is 8.23. The first kappa shape index (κ1) is 7.07. The van der Waals surface area contributed by atoms with Crippen LogP contribution in [0.5, 0.6) is 0 Å². The zero-order valence-corrected chi connectivity index (χ0v) is 6.94. The molecule has 1 nitrogen and oxygen atoms in total. The highest BCUT2D eigenvalue weighted by molar-refractivity contribution is 4.88. The number of nitrogens with zero attached hydrogens (tertiary/aromatic N) is 1. The van der Waals surface area contributed by atoms with Gasteiger partial charge < -0.3 is 4.90 Å². The molecule has 1 saturated heterocycles. The highest BCUT2D eigenvalue weighted by Crippen LogP contribution is 2.30. The maximum Gasteiger partial charge on any atom is 0.0153 e. The lowest BCUT2D eigenvalue weighted by atomic mass is 9.98. The number of hydrogen-bond donors (Lipinski definition) is 0. The van der Waals surface area contributed by atoms with Crippen LogP contribution in [0.25, 0.3) is 0 Å². The fraction of sp³-hybridized carbons (Fsp3) is 1.00. The summed E-state index contributed by atoms with van der Waals surface area (Å²) >= 11 is 0. The zero-order chi connectivity index (χ0) is 7.07. The van der Waals surface area contributed by atoms with Gasteiger partial charge in [0.05, 0.1) is 0 Å². The van der Waals surface area contributed by atoms with Gasteiger partial charge in [0.15, 0.2) is 0 Å². The first-order valence-electron chi connectivity index (χ1n) is 3.73. The van der Waals surface area contributed by atoms with Gasteiger partial charge in [0.2, 0.25) is 0 Å².